The van der Waals surface area contributed by atoms with Gasteiger partial charge in [0.2, 0.25) is 0 Å². The predicted octanol–water partition coefficient (Wildman–Crippen LogP) is 2.27. The molecule has 0 aliphatic heterocycles. The van der Waals surface area contributed by atoms with Crippen LogP contribution >= 0.6 is 0 Å². The van der Waals surface area contributed by atoms with Crippen molar-refractivity contribution in [3.8, 4) is 11.5 Å². The number of carbonyl (C=O) groups is 1. The highest BCUT2D eigenvalue weighted by atomic mass is 16.5. The minimum Gasteiger partial charge on any atom is -0.493 e. The van der Waals surface area contributed by atoms with Crippen LogP contribution < -0.4 is 20.5 Å². The molecule has 0 radical (unpaired) electrons. The van der Waals surface area contributed by atoms with Gasteiger partial charge in [-0.2, -0.15) is 0 Å². The summed E-state index contributed by atoms with van der Waals surface area (Å²) in [4.78, 5) is 11.1. The number of hydrogen-bond acceptors (Lipinski definition) is 6. The lowest BCUT2D eigenvalue weighted by molar-refractivity contribution is 0.108. The van der Waals surface area contributed by atoms with Crippen molar-refractivity contribution in [2.24, 2.45) is 17.6 Å². The van der Waals surface area contributed by atoms with Crippen LogP contribution in [0.3, 0.4) is 0 Å². The van der Waals surface area contributed by atoms with E-state index in [2.05, 4.69) is 19.2 Å². The number of carboxylic acid groups (broad SMARTS) is 1. The minimum absolute atomic E-state index is 0.00222. The topological polar surface area (TPSA) is 123 Å². The van der Waals surface area contributed by atoms with Crippen LogP contribution in [0.5, 0.6) is 11.5 Å². The molecule has 8 nitrogen and oxygen atoms in total. The third-order valence-corrected chi connectivity index (χ3v) is 4.99. The number of ether oxygens (including phenoxy) is 3. The molecule has 5 N–H and O–H groups in total. The number of amides is 1. The summed E-state index contributed by atoms with van der Waals surface area (Å²) < 4.78 is 16.3. The Morgan fingerprint density at radius 3 is 2.48 bits per heavy atom. The second-order valence-corrected chi connectivity index (χ2v) is 7.48. The lowest BCUT2D eigenvalue weighted by atomic mass is 9.83. The third-order valence-electron chi connectivity index (χ3n) is 4.99. The van der Waals surface area contributed by atoms with E-state index in [0.29, 0.717) is 37.6 Å². The Bertz CT molecular complexity index is 611. The molecule has 0 heterocycles. The second-order valence-electron chi connectivity index (χ2n) is 7.48. The maximum absolute atomic E-state index is 11.1. The Balaban J connectivity index is 2.92. The number of methoxy groups -OCH3 is 2. The van der Waals surface area contributed by atoms with Crippen molar-refractivity contribution in [1.82, 2.24) is 5.32 Å². The van der Waals surface area contributed by atoms with Gasteiger partial charge >= 0.3 is 6.09 Å². The first-order valence-corrected chi connectivity index (χ1v) is 9.98. The largest absolute Gasteiger partial charge is 0.493 e. The molecule has 0 aliphatic carbocycles. The van der Waals surface area contributed by atoms with Crippen LogP contribution in [-0.2, 0) is 11.2 Å². The van der Waals surface area contributed by atoms with Crippen molar-refractivity contribution in [2.45, 2.75) is 45.3 Å². The average Bonchev–Trinajstić information content (AvgIpc) is 2.69. The fourth-order valence-electron chi connectivity index (χ4n) is 3.20. The molecule has 0 aromatic heterocycles. The van der Waals surface area contributed by atoms with Gasteiger partial charge in [-0.25, -0.2) is 4.79 Å². The van der Waals surface area contributed by atoms with E-state index in [4.69, 9.17) is 25.1 Å². The Morgan fingerprint density at radius 1 is 1.21 bits per heavy atom. The van der Waals surface area contributed by atoms with E-state index in [0.717, 1.165) is 12.0 Å². The Hall–Kier alpha value is -2.03. The zero-order chi connectivity index (χ0) is 21.8. The molecule has 0 aliphatic rings. The molecule has 3 atom stereocenters. The second kappa shape index (κ2) is 13.2. The molecule has 0 spiro atoms. The molecule has 1 aromatic carbocycles. The molecule has 29 heavy (non-hydrogen) atoms. The Morgan fingerprint density at radius 2 is 1.93 bits per heavy atom. The van der Waals surface area contributed by atoms with Crippen molar-refractivity contribution < 1.29 is 29.2 Å². The molecule has 0 unspecified atom stereocenters. The van der Waals surface area contributed by atoms with Gasteiger partial charge in [-0.05, 0) is 42.4 Å². The molecule has 1 amide bonds. The molecule has 1 rings (SSSR count). The fourth-order valence-corrected chi connectivity index (χ4v) is 3.20. The van der Waals surface area contributed by atoms with Crippen LogP contribution in [0.15, 0.2) is 18.2 Å². The van der Waals surface area contributed by atoms with Crippen molar-refractivity contribution in [2.75, 3.05) is 34.0 Å². The van der Waals surface area contributed by atoms with Crippen molar-refractivity contribution in [3.05, 3.63) is 23.8 Å². The smallest absolute Gasteiger partial charge is 0.404 e. The summed E-state index contributed by atoms with van der Waals surface area (Å²) in [5, 5.41) is 21.6. The Labute approximate surface area is 173 Å². The normalized spacial score (nSPS) is 14.3. The van der Waals surface area contributed by atoms with Crippen LogP contribution in [0.25, 0.3) is 0 Å². The highest BCUT2D eigenvalue weighted by Crippen LogP contribution is 2.31. The highest BCUT2D eigenvalue weighted by molar-refractivity contribution is 5.64. The number of nitrogens with two attached hydrogens (primary N) is 1. The minimum atomic E-state index is -1.17. The van der Waals surface area contributed by atoms with Gasteiger partial charge in [0.25, 0.3) is 0 Å². The molecule has 0 saturated heterocycles. The van der Waals surface area contributed by atoms with E-state index < -0.39 is 18.2 Å². The number of hydrogen-bond donors (Lipinski definition) is 4. The zero-order valence-electron chi connectivity index (χ0n) is 17.9. The van der Waals surface area contributed by atoms with Gasteiger partial charge in [0, 0.05) is 26.7 Å². The molecule has 0 bridgehead atoms. The molecular formula is C21H36N2O6. The number of rotatable bonds is 14. The molecule has 0 fully saturated rings. The van der Waals surface area contributed by atoms with Gasteiger partial charge in [-0.3, -0.25) is 0 Å². The summed E-state index contributed by atoms with van der Waals surface area (Å²) in [5.74, 6) is 1.76. The number of nitrogens with one attached hydrogen (secondary N) is 1. The third kappa shape index (κ3) is 8.89. The Kier molecular flexibility index (Phi) is 11.4. The molecule has 8 heteroatoms. The van der Waals surface area contributed by atoms with E-state index in [1.165, 1.54) is 0 Å². The van der Waals surface area contributed by atoms with E-state index in [-0.39, 0.29) is 18.4 Å². The maximum Gasteiger partial charge on any atom is 0.404 e. The average molecular weight is 413 g/mol. The molecule has 166 valence electrons. The number of aliphatic hydroxyl groups excluding tert-OH is 1. The van der Waals surface area contributed by atoms with Gasteiger partial charge in [-0.1, -0.05) is 19.9 Å². The summed E-state index contributed by atoms with van der Waals surface area (Å²) in [7, 11) is 3.26. The summed E-state index contributed by atoms with van der Waals surface area (Å²) >= 11 is 0. The summed E-state index contributed by atoms with van der Waals surface area (Å²) in [6, 6.07) is 5.20. The summed E-state index contributed by atoms with van der Waals surface area (Å²) in [6.07, 6.45) is -0.120. The van der Waals surface area contributed by atoms with Crippen molar-refractivity contribution in [3.63, 3.8) is 0 Å². The summed E-state index contributed by atoms with van der Waals surface area (Å²) in [5.41, 5.74) is 6.61. The molecular weight excluding hydrogens is 376 g/mol. The van der Waals surface area contributed by atoms with Crippen molar-refractivity contribution >= 4 is 6.09 Å². The van der Waals surface area contributed by atoms with Gasteiger partial charge in [-0.15, -0.1) is 0 Å². The van der Waals surface area contributed by atoms with Gasteiger partial charge in [0.05, 0.1) is 25.9 Å². The van der Waals surface area contributed by atoms with Crippen LogP contribution in [0, 0.1) is 11.8 Å². The first-order chi connectivity index (χ1) is 13.8. The van der Waals surface area contributed by atoms with Crippen LogP contribution in [-0.4, -0.2) is 62.4 Å². The maximum atomic E-state index is 11.1. The van der Waals surface area contributed by atoms with Gasteiger partial charge in [0.15, 0.2) is 11.5 Å². The standard InChI is InChI=1S/C21H36N2O6/c1-14(2)16(12-17(18(24)13-22)23-21(25)26)10-15-6-7-19(28-4)20(11-15)29-9-5-8-27-3/h6-7,11,14,16-18,23-24H,5,8-10,12-13,22H2,1-4H3,(H,25,26)/t16-,17+,18-/m1/s1. The quantitative estimate of drug-likeness (QED) is 0.346. The number of aliphatic hydroxyl groups is 1. The fraction of sp³-hybridized carbons (Fsp3) is 0.667. The van der Waals surface area contributed by atoms with E-state index in [1.807, 2.05) is 18.2 Å². The zero-order valence-corrected chi connectivity index (χ0v) is 17.9. The van der Waals surface area contributed by atoms with Crippen LogP contribution in [0.4, 0.5) is 4.79 Å². The van der Waals surface area contributed by atoms with E-state index in [1.54, 1.807) is 14.2 Å². The number of benzene rings is 1. The van der Waals surface area contributed by atoms with Crippen LogP contribution in [0.2, 0.25) is 0 Å². The monoisotopic (exact) mass is 412 g/mol. The molecule has 0 saturated carbocycles. The van der Waals surface area contributed by atoms with Gasteiger partial charge < -0.3 is 35.5 Å². The van der Waals surface area contributed by atoms with E-state index in [9.17, 15) is 9.90 Å². The highest BCUT2D eigenvalue weighted by Gasteiger charge is 2.26. The first kappa shape index (κ1) is 25.0. The summed E-state index contributed by atoms with van der Waals surface area (Å²) in [6.45, 7) is 5.32. The first-order valence-electron chi connectivity index (χ1n) is 9.98. The van der Waals surface area contributed by atoms with Crippen molar-refractivity contribution in [1.29, 1.82) is 0 Å². The molecule has 1 aromatic rings. The lowest BCUT2D eigenvalue weighted by Crippen LogP contribution is -2.47. The predicted molar refractivity (Wildman–Crippen MR) is 112 cm³/mol. The van der Waals surface area contributed by atoms with Crippen LogP contribution in [0.1, 0.15) is 32.3 Å². The van der Waals surface area contributed by atoms with E-state index >= 15 is 0 Å². The lowest BCUT2D eigenvalue weighted by Gasteiger charge is -2.29. The van der Waals surface area contributed by atoms with Gasteiger partial charge in [0.1, 0.15) is 0 Å². The SMILES string of the molecule is COCCCOc1cc(C[C@H](C[C@H](NC(=O)O)[C@H](O)CN)C(C)C)ccc1OC.